The van der Waals surface area contributed by atoms with Crippen molar-refractivity contribution < 1.29 is 17.9 Å². The number of halogens is 3. The van der Waals surface area contributed by atoms with Gasteiger partial charge in [0.05, 0.1) is 25.3 Å². The second kappa shape index (κ2) is 9.41. The molecule has 0 spiro atoms. The van der Waals surface area contributed by atoms with Crippen molar-refractivity contribution in [3.8, 4) is 0 Å². The van der Waals surface area contributed by atoms with Crippen molar-refractivity contribution >= 4 is 5.96 Å². The molecule has 27 heavy (non-hydrogen) atoms. The number of guanidine groups is 1. The van der Waals surface area contributed by atoms with Gasteiger partial charge in [-0.2, -0.15) is 13.2 Å². The molecule has 1 aromatic rings. The average Bonchev–Trinajstić information content (AvgIpc) is 2.64. The van der Waals surface area contributed by atoms with Gasteiger partial charge in [-0.25, -0.2) is 4.99 Å². The molecule has 1 fully saturated rings. The van der Waals surface area contributed by atoms with Crippen LogP contribution in [0.5, 0.6) is 0 Å². The van der Waals surface area contributed by atoms with Gasteiger partial charge in [0.2, 0.25) is 0 Å². The number of benzene rings is 1. The lowest BCUT2D eigenvalue weighted by Gasteiger charge is -2.41. The lowest BCUT2D eigenvalue weighted by molar-refractivity contribution is -0.137. The Morgan fingerprint density at radius 3 is 2.30 bits per heavy atom. The van der Waals surface area contributed by atoms with Crippen LogP contribution >= 0.6 is 0 Å². The highest BCUT2D eigenvalue weighted by atomic mass is 19.4. The number of rotatable bonds is 6. The van der Waals surface area contributed by atoms with E-state index in [1.165, 1.54) is 12.1 Å². The fourth-order valence-corrected chi connectivity index (χ4v) is 2.89. The van der Waals surface area contributed by atoms with Crippen LogP contribution < -0.4 is 10.6 Å². The minimum absolute atomic E-state index is 0.0612. The Hall–Kier alpha value is -1.80. The summed E-state index contributed by atoms with van der Waals surface area (Å²) in [5.41, 5.74) is 0.0223. The first-order valence-electron chi connectivity index (χ1n) is 9.23. The van der Waals surface area contributed by atoms with Gasteiger partial charge < -0.3 is 15.4 Å². The molecule has 0 aromatic heterocycles. The summed E-state index contributed by atoms with van der Waals surface area (Å²) in [5, 5.41) is 6.52. The fraction of sp³-hybridized carbons (Fsp3) is 0.632. The van der Waals surface area contributed by atoms with Gasteiger partial charge in [-0.1, -0.05) is 12.1 Å². The number of aliphatic imine (C=N–C) groups is 1. The zero-order chi connectivity index (χ0) is 19.9. The molecule has 5 nitrogen and oxygen atoms in total. The average molecular weight is 386 g/mol. The Bertz CT molecular complexity index is 608. The number of nitrogens with one attached hydrogen (secondary N) is 2. The summed E-state index contributed by atoms with van der Waals surface area (Å²) in [6.45, 7) is 11.3. The van der Waals surface area contributed by atoms with Gasteiger partial charge in [-0.3, -0.25) is 4.90 Å². The Morgan fingerprint density at radius 2 is 1.74 bits per heavy atom. The van der Waals surface area contributed by atoms with Gasteiger partial charge in [0.15, 0.2) is 5.96 Å². The van der Waals surface area contributed by atoms with Gasteiger partial charge in [-0.15, -0.1) is 0 Å². The molecule has 1 saturated heterocycles. The van der Waals surface area contributed by atoms with E-state index in [0.717, 1.165) is 44.0 Å². The van der Waals surface area contributed by atoms with Crippen molar-refractivity contribution in [2.45, 2.75) is 39.0 Å². The molecule has 0 amide bonds. The number of ether oxygens (including phenoxy) is 1. The molecule has 2 N–H and O–H groups in total. The third-order valence-corrected chi connectivity index (χ3v) is 4.60. The number of morpholine rings is 1. The third kappa shape index (κ3) is 6.70. The molecule has 1 aromatic carbocycles. The van der Waals surface area contributed by atoms with Crippen LogP contribution in [0, 0.1) is 0 Å². The van der Waals surface area contributed by atoms with Crippen LogP contribution in [0.25, 0.3) is 0 Å². The predicted molar refractivity (Wildman–Crippen MR) is 101 cm³/mol. The molecular weight excluding hydrogens is 357 g/mol. The topological polar surface area (TPSA) is 48.9 Å². The summed E-state index contributed by atoms with van der Waals surface area (Å²) < 4.78 is 43.3. The van der Waals surface area contributed by atoms with Crippen LogP contribution in [0.2, 0.25) is 0 Å². The van der Waals surface area contributed by atoms with Crippen molar-refractivity contribution in [1.29, 1.82) is 0 Å². The van der Waals surface area contributed by atoms with E-state index in [0.29, 0.717) is 25.6 Å². The smallest absolute Gasteiger partial charge is 0.379 e. The lowest BCUT2D eigenvalue weighted by atomic mass is 10.0. The lowest BCUT2D eigenvalue weighted by Crippen LogP contribution is -2.56. The SMILES string of the molecule is CCNC(=NCc1ccc(C(F)(F)F)cc1)NCC(C)(C)N1CCOCC1. The standard InChI is InChI=1S/C19H29F3N4O/c1-4-23-17(25-14-18(2,3)26-9-11-27-12-10-26)24-13-15-5-7-16(8-6-15)19(20,21)22/h5-8H,4,9-14H2,1-3H3,(H2,23,24,25). The van der Waals surface area contributed by atoms with Gasteiger partial charge in [-0.05, 0) is 38.5 Å². The Balaban J connectivity index is 1.95. The van der Waals surface area contributed by atoms with E-state index >= 15 is 0 Å². The molecule has 1 heterocycles. The number of nitrogens with zero attached hydrogens (tertiary/aromatic N) is 2. The maximum atomic E-state index is 12.6. The first-order chi connectivity index (χ1) is 12.7. The summed E-state index contributed by atoms with van der Waals surface area (Å²) in [4.78, 5) is 6.87. The molecule has 0 aliphatic carbocycles. The van der Waals surface area contributed by atoms with Gasteiger partial charge >= 0.3 is 6.18 Å². The van der Waals surface area contributed by atoms with Crippen LogP contribution in [0.1, 0.15) is 31.9 Å². The second-order valence-electron chi connectivity index (χ2n) is 7.16. The molecule has 0 bridgehead atoms. The fourth-order valence-electron chi connectivity index (χ4n) is 2.89. The van der Waals surface area contributed by atoms with E-state index in [9.17, 15) is 13.2 Å². The van der Waals surface area contributed by atoms with E-state index in [4.69, 9.17) is 4.74 Å². The monoisotopic (exact) mass is 386 g/mol. The number of hydrogen-bond acceptors (Lipinski definition) is 3. The molecule has 152 valence electrons. The van der Waals surface area contributed by atoms with Crippen molar-refractivity contribution in [2.75, 3.05) is 39.4 Å². The summed E-state index contributed by atoms with van der Waals surface area (Å²) in [6.07, 6.45) is -4.32. The number of hydrogen-bond donors (Lipinski definition) is 2. The highest BCUT2D eigenvalue weighted by molar-refractivity contribution is 5.79. The zero-order valence-electron chi connectivity index (χ0n) is 16.2. The van der Waals surface area contributed by atoms with Crippen LogP contribution in [0.15, 0.2) is 29.3 Å². The van der Waals surface area contributed by atoms with Gasteiger partial charge in [0.1, 0.15) is 0 Å². The molecule has 0 unspecified atom stereocenters. The second-order valence-corrected chi connectivity index (χ2v) is 7.16. The van der Waals surface area contributed by atoms with Crippen LogP contribution in [-0.2, 0) is 17.5 Å². The van der Waals surface area contributed by atoms with Gasteiger partial charge in [0.25, 0.3) is 0 Å². The van der Waals surface area contributed by atoms with E-state index in [-0.39, 0.29) is 5.54 Å². The first-order valence-corrected chi connectivity index (χ1v) is 9.23. The zero-order valence-corrected chi connectivity index (χ0v) is 16.2. The molecule has 8 heteroatoms. The minimum atomic E-state index is -4.32. The maximum Gasteiger partial charge on any atom is 0.416 e. The Kier molecular flexibility index (Phi) is 7.49. The molecule has 2 rings (SSSR count). The molecule has 0 atom stereocenters. The first kappa shape index (κ1) is 21.5. The summed E-state index contributed by atoms with van der Waals surface area (Å²) in [5.74, 6) is 0.652. The largest absolute Gasteiger partial charge is 0.416 e. The van der Waals surface area contributed by atoms with Gasteiger partial charge in [0, 0.05) is 31.7 Å². The van der Waals surface area contributed by atoms with E-state index in [2.05, 4.69) is 34.4 Å². The normalized spacial score (nSPS) is 17.0. The van der Waals surface area contributed by atoms with E-state index in [1.54, 1.807) is 0 Å². The van der Waals surface area contributed by atoms with Crippen LogP contribution in [0.4, 0.5) is 13.2 Å². The summed E-state index contributed by atoms with van der Waals surface area (Å²) in [6, 6.07) is 5.11. The summed E-state index contributed by atoms with van der Waals surface area (Å²) in [7, 11) is 0. The molecule has 1 aliphatic heterocycles. The van der Waals surface area contributed by atoms with Crippen molar-refractivity contribution in [3.63, 3.8) is 0 Å². The van der Waals surface area contributed by atoms with Crippen molar-refractivity contribution in [2.24, 2.45) is 4.99 Å². The maximum absolute atomic E-state index is 12.6. The molecule has 1 aliphatic rings. The highest BCUT2D eigenvalue weighted by Gasteiger charge is 2.30. The molecule has 0 radical (unpaired) electrons. The third-order valence-electron chi connectivity index (χ3n) is 4.60. The van der Waals surface area contributed by atoms with E-state index < -0.39 is 11.7 Å². The Labute approximate surface area is 159 Å². The van der Waals surface area contributed by atoms with E-state index in [1.807, 2.05) is 6.92 Å². The highest BCUT2D eigenvalue weighted by Crippen LogP contribution is 2.29. The van der Waals surface area contributed by atoms with Crippen LogP contribution in [0.3, 0.4) is 0 Å². The van der Waals surface area contributed by atoms with Crippen molar-refractivity contribution in [1.82, 2.24) is 15.5 Å². The molecular formula is C19H29F3N4O. The minimum Gasteiger partial charge on any atom is -0.379 e. The van der Waals surface area contributed by atoms with Crippen LogP contribution in [-0.4, -0.2) is 55.8 Å². The van der Waals surface area contributed by atoms with Crippen molar-refractivity contribution in [3.05, 3.63) is 35.4 Å². The summed E-state index contributed by atoms with van der Waals surface area (Å²) >= 11 is 0. The Morgan fingerprint density at radius 1 is 1.11 bits per heavy atom. The quantitative estimate of drug-likeness (QED) is 0.583. The molecule has 0 saturated carbocycles. The predicted octanol–water partition coefficient (Wildman–Crippen LogP) is 2.87. The number of alkyl halides is 3.